The summed E-state index contributed by atoms with van der Waals surface area (Å²) in [5.74, 6) is -0.216. The Morgan fingerprint density at radius 3 is 2.23 bits per heavy atom. The molecule has 2 amide bonds. The first kappa shape index (κ1) is 24.2. The molecule has 0 unspecified atom stereocenters. The number of ether oxygens (including phenoxy) is 2. The molecule has 0 aromatic heterocycles. The maximum atomic E-state index is 13.1. The van der Waals surface area contributed by atoms with Gasteiger partial charge >= 0.3 is 6.09 Å². The number of carbonyl (C=O) groups is 2. The predicted molar refractivity (Wildman–Crippen MR) is 118 cm³/mol. The fraction of sp³-hybridized carbons (Fsp3) is 0.667. The van der Waals surface area contributed by atoms with E-state index in [1.165, 1.54) is 19.3 Å². The predicted octanol–water partition coefficient (Wildman–Crippen LogP) is 4.71. The average molecular weight is 419 g/mol. The van der Waals surface area contributed by atoms with E-state index in [-0.39, 0.29) is 11.9 Å². The Hall–Kier alpha value is -2.08. The normalized spacial score (nSPS) is 17.9. The molecular formula is C24H38N2O4. The van der Waals surface area contributed by atoms with Gasteiger partial charge in [-0.15, -0.1) is 0 Å². The molecule has 2 N–H and O–H groups in total. The van der Waals surface area contributed by atoms with Crippen LogP contribution >= 0.6 is 0 Å². The minimum Gasteiger partial charge on any atom is -0.444 e. The van der Waals surface area contributed by atoms with E-state index in [1.54, 1.807) is 20.8 Å². The molecule has 0 heterocycles. The van der Waals surface area contributed by atoms with Crippen molar-refractivity contribution in [2.24, 2.45) is 0 Å². The molecule has 0 spiro atoms. The van der Waals surface area contributed by atoms with Gasteiger partial charge in [-0.25, -0.2) is 4.79 Å². The van der Waals surface area contributed by atoms with Crippen LogP contribution in [0.4, 0.5) is 4.79 Å². The lowest BCUT2D eigenvalue weighted by molar-refractivity contribution is -0.128. The highest BCUT2D eigenvalue weighted by Crippen LogP contribution is 2.18. The number of carbonyl (C=O) groups excluding carboxylic acids is 2. The molecule has 1 fully saturated rings. The zero-order valence-electron chi connectivity index (χ0n) is 18.9. The molecule has 30 heavy (non-hydrogen) atoms. The van der Waals surface area contributed by atoms with Crippen molar-refractivity contribution in [1.29, 1.82) is 0 Å². The maximum Gasteiger partial charge on any atom is 0.408 e. The summed E-state index contributed by atoms with van der Waals surface area (Å²) in [5.41, 5.74) is 0.375. The molecule has 0 radical (unpaired) electrons. The van der Waals surface area contributed by atoms with Gasteiger partial charge in [0, 0.05) is 6.04 Å². The van der Waals surface area contributed by atoms with E-state index < -0.39 is 23.8 Å². The molecule has 1 aromatic rings. The molecule has 1 aliphatic carbocycles. The van der Waals surface area contributed by atoms with Crippen molar-refractivity contribution >= 4 is 12.0 Å². The fourth-order valence-corrected chi connectivity index (χ4v) is 3.62. The number of hydrogen-bond acceptors (Lipinski definition) is 4. The van der Waals surface area contributed by atoms with Crippen LogP contribution in [0.15, 0.2) is 30.3 Å². The monoisotopic (exact) mass is 418 g/mol. The van der Waals surface area contributed by atoms with Crippen LogP contribution in [0.5, 0.6) is 0 Å². The van der Waals surface area contributed by atoms with Crippen LogP contribution in [-0.2, 0) is 20.9 Å². The number of alkyl carbamates (subject to hydrolysis) is 1. The smallest absolute Gasteiger partial charge is 0.408 e. The summed E-state index contributed by atoms with van der Waals surface area (Å²) in [4.78, 5) is 25.5. The van der Waals surface area contributed by atoms with Crippen molar-refractivity contribution in [2.75, 3.05) is 0 Å². The summed E-state index contributed by atoms with van der Waals surface area (Å²) >= 11 is 0. The van der Waals surface area contributed by atoms with Gasteiger partial charge in [0.15, 0.2) is 0 Å². The van der Waals surface area contributed by atoms with Gasteiger partial charge in [-0.3, -0.25) is 4.79 Å². The summed E-state index contributed by atoms with van der Waals surface area (Å²) in [6.45, 7) is 7.57. The molecule has 1 aromatic carbocycles. The Labute approximate surface area is 181 Å². The van der Waals surface area contributed by atoms with E-state index in [0.29, 0.717) is 6.61 Å². The summed E-state index contributed by atoms with van der Waals surface area (Å²) in [5, 5.41) is 5.87. The van der Waals surface area contributed by atoms with E-state index in [1.807, 2.05) is 37.3 Å². The van der Waals surface area contributed by atoms with E-state index in [0.717, 1.165) is 31.2 Å². The van der Waals surface area contributed by atoms with Crippen LogP contribution < -0.4 is 10.6 Å². The third kappa shape index (κ3) is 9.16. The molecular weight excluding hydrogens is 380 g/mol. The lowest BCUT2D eigenvalue weighted by Crippen LogP contribution is -2.55. The van der Waals surface area contributed by atoms with Gasteiger partial charge < -0.3 is 20.1 Å². The first-order valence-electron chi connectivity index (χ1n) is 11.2. The van der Waals surface area contributed by atoms with Crippen molar-refractivity contribution in [3.8, 4) is 0 Å². The van der Waals surface area contributed by atoms with E-state index in [9.17, 15) is 9.59 Å². The molecule has 0 aliphatic heterocycles. The minimum absolute atomic E-state index is 0.141. The molecule has 1 aliphatic rings. The van der Waals surface area contributed by atoms with Crippen molar-refractivity contribution in [2.45, 2.75) is 103 Å². The second kappa shape index (κ2) is 11.9. The largest absolute Gasteiger partial charge is 0.444 e. The van der Waals surface area contributed by atoms with Crippen molar-refractivity contribution in [1.82, 2.24) is 10.6 Å². The van der Waals surface area contributed by atoms with Crippen molar-refractivity contribution in [3.05, 3.63) is 35.9 Å². The molecule has 2 atom stereocenters. The highest BCUT2D eigenvalue weighted by Gasteiger charge is 2.31. The standard InChI is InChI=1S/C24H38N2O4/c1-18(29-17-19-13-9-8-10-14-19)21(26-23(28)30-24(2,3)4)22(27)25-20-15-11-6-5-7-12-16-20/h8-10,13-14,18,20-21H,5-7,11-12,15-17H2,1-4H3,(H,25,27)(H,26,28)/t18-,21+/m0/s1. The minimum atomic E-state index is -0.825. The quantitative estimate of drug-likeness (QED) is 0.672. The number of rotatable bonds is 7. The van der Waals surface area contributed by atoms with Gasteiger partial charge in [-0.2, -0.15) is 0 Å². The Morgan fingerprint density at radius 2 is 1.63 bits per heavy atom. The van der Waals surface area contributed by atoms with Crippen LogP contribution in [0.25, 0.3) is 0 Å². The summed E-state index contributed by atoms with van der Waals surface area (Å²) in [6.07, 6.45) is 6.76. The fourth-order valence-electron chi connectivity index (χ4n) is 3.62. The first-order chi connectivity index (χ1) is 14.2. The molecule has 2 rings (SSSR count). The Kier molecular flexibility index (Phi) is 9.63. The lowest BCUT2D eigenvalue weighted by Gasteiger charge is -2.29. The van der Waals surface area contributed by atoms with Crippen LogP contribution in [0.3, 0.4) is 0 Å². The number of benzene rings is 1. The number of amides is 2. The second-order valence-corrected chi connectivity index (χ2v) is 9.18. The van der Waals surface area contributed by atoms with Gasteiger partial charge in [0.1, 0.15) is 11.6 Å². The Balaban J connectivity index is 2.02. The first-order valence-corrected chi connectivity index (χ1v) is 11.2. The Morgan fingerprint density at radius 1 is 1.03 bits per heavy atom. The van der Waals surface area contributed by atoms with Gasteiger partial charge in [-0.05, 0) is 46.1 Å². The highest BCUT2D eigenvalue weighted by molar-refractivity contribution is 5.86. The summed E-state index contributed by atoms with van der Waals surface area (Å²) < 4.78 is 11.3. The number of hydrogen-bond donors (Lipinski definition) is 2. The summed E-state index contributed by atoms with van der Waals surface area (Å²) in [6, 6.07) is 9.09. The lowest BCUT2D eigenvalue weighted by atomic mass is 9.96. The third-order valence-electron chi connectivity index (χ3n) is 5.23. The molecule has 6 heteroatoms. The van der Waals surface area contributed by atoms with E-state index in [4.69, 9.17) is 9.47 Å². The zero-order chi connectivity index (χ0) is 22.0. The number of nitrogens with one attached hydrogen (secondary N) is 2. The SMILES string of the molecule is C[C@H](OCc1ccccc1)[C@@H](NC(=O)OC(C)(C)C)C(=O)NC1CCCCCCC1. The summed E-state index contributed by atoms with van der Waals surface area (Å²) in [7, 11) is 0. The zero-order valence-corrected chi connectivity index (χ0v) is 18.9. The van der Waals surface area contributed by atoms with Gasteiger partial charge in [0.2, 0.25) is 5.91 Å². The van der Waals surface area contributed by atoms with Crippen LogP contribution in [0.2, 0.25) is 0 Å². The average Bonchev–Trinajstić information content (AvgIpc) is 2.65. The second-order valence-electron chi connectivity index (χ2n) is 9.18. The molecule has 1 saturated carbocycles. The Bertz CT molecular complexity index is 649. The van der Waals surface area contributed by atoms with Crippen molar-refractivity contribution < 1.29 is 19.1 Å². The van der Waals surface area contributed by atoms with Crippen molar-refractivity contribution in [3.63, 3.8) is 0 Å². The van der Waals surface area contributed by atoms with Crippen LogP contribution in [0, 0.1) is 0 Å². The van der Waals surface area contributed by atoms with Gasteiger partial charge in [-0.1, -0.05) is 62.4 Å². The molecule has 6 nitrogen and oxygen atoms in total. The maximum absolute atomic E-state index is 13.1. The van der Waals surface area contributed by atoms with E-state index >= 15 is 0 Å². The molecule has 168 valence electrons. The van der Waals surface area contributed by atoms with E-state index in [2.05, 4.69) is 10.6 Å². The van der Waals surface area contributed by atoms with Crippen LogP contribution in [-0.4, -0.2) is 35.8 Å². The highest BCUT2D eigenvalue weighted by atomic mass is 16.6. The van der Waals surface area contributed by atoms with Crippen LogP contribution in [0.1, 0.15) is 78.2 Å². The third-order valence-corrected chi connectivity index (χ3v) is 5.23. The topological polar surface area (TPSA) is 76.7 Å². The van der Waals surface area contributed by atoms with Gasteiger partial charge in [0.05, 0.1) is 12.7 Å². The molecule has 0 bridgehead atoms. The van der Waals surface area contributed by atoms with Gasteiger partial charge in [0.25, 0.3) is 0 Å². The molecule has 0 saturated heterocycles.